The van der Waals surface area contributed by atoms with Gasteiger partial charge in [0.15, 0.2) is 17.7 Å². The van der Waals surface area contributed by atoms with Crippen molar-refractivity contribution in [2.75, 3.05) is 27.4 Å². The number of hydrogen-bond donors (Lipinski definition) is 0. The smallest absolute Gasteiger partial charge is 0.330 e. The summed E-state index contributed by atoms with van der Waals surface area (Å²) in [5.74, 6) is -2.42. The average molecular weight is 456 g/mol. The standard InChI is InChI=1S/C22H33NO9/c1-20(2)28-10-13(30-20)16-15(31-21(3,4)32-16)12(8-9-14(24)26-6)23-18(22(5)11-29-22)17(27-7)19(23)25/h8-9,12-13,15-18H,10-11H2,1-7H3/b9-8+/t12-,13+,15+,16+,17-,18-,22-/m0/s1. The summed E-state index contributed by atoms with van der Waals surface area (Å²) in [7, 11) is 2.80. The van der Waals surface area contributed by atoms with Gasteiger partial charge in [-0.2, -0.15) is 0 Å². The molecule has 0 N–H and O–H groups in total. The fraction of sp³-hybridized carbons (Fsp3) is 0.818. The van der Waals surface area contributed by atoms with Crippen molar-refractivity contribution in [3.05, 3.63) is 12.2 Å². The molecule has 10 heteroatoms. The average Bonchev–Trinajstić information content (AvgIpc) is 3.21. The lowest BCUT2D eigenvalue weighted by molar-refractivity contribution is -0.190. The normalized spacial score (nSPS) is 41.0. The van der Waals surface area contributed by atoms with Crippen LogP contribution in [0.3, 0.4) is 0 Å². The van der Waals surface area contributed by atoms with Crippen LogP contribution in [0.2, 0.25) is 0 Å². The van der Waals surface area contributed by atoms with E-state index in [1.807, 2.05) is 20.8 Å². The first-order chi connectivity index (χ1) is 14.9. The molecule has 1 amide bonds. The number of ether oxygens (including phenoxy) is 7. The highest BCUT2D eigenvalue weighted by Gasteiger charge is 2.66. The number of amides is 1. The van der Waals surface area contributed by atoms with Crippen molar-refractivity contribution in [1.29, 1.82) is 0 Å². The topological polar surface area (TPSA) is 105 Å². The van der Waals surface area contributed by atoms with Crippen LogP contribution in [0.4, 0.5) is 0 Å². The molecule has 7 atom stereocenters. The molecule has 0 saturated carbocycles. The largest absolute Gasteiger partial charge is 0.466 e. The first-order valence-corrected chi connectivity index (χ1v) is 10.8. The van der Waals surface area contributed by atoms with E-state index in [9.17, 15) is 9.59 Å². The number of rotatable bonds is 7. The molecule has 0 unspecified atom stereocenters. The van der Waals surface area contributed by atoms with Crippen molar-refractivity contribution in [2.45, 2.75) is 88.3 Å². The Balaban J connectivity index is 1.68. The predicted octanol–water partition coefficient (Wildman–Crippen LogP) is 0.771. The lowest BCUT2D eigenvalue weighted by atomic mass is 9.83. The van der Waals surface area contributed by atoms with Crippen LogP contribution in [0.15, 0.2) is 12.2 Å². The lowest BCUT2D eigenvalue weighted by Crippen LogP contribution is -2.74. The van der Waals surface area contributed by atoms with Crippen LogP contribution < -0.4 is 0 Å². The second-order valence-corrected chi connectivity index (χ2v) is 9.75. The summed E-state index contributed by atoms with van der Waals surface area (Å²) >= 11 is 0. The van der Waals surface area contributed by atoms with Gasteiger partial charge in [-0.25, -0.2) is 4.79 Å². The maximum Gasteiger partial charge on any atom is 0.330 e. The molecule has 4 saturated heterocycles. The molecular formula is C22H33NO9. The van der Waals surface area contributed by atoms with Crippen molar-refractivity contribution in [1.82, 2.24) is 4.90 Å². The molecule has 4 aliphatic heterocycles. The van der Waals surface area contributed by atoms with Crippen molar-refractivity contribution < 1.29 is 42.7 Å². The SMILES string of the molecule is COC(=O)/C=C/[C@@H]([C@H]1OC(C)(C)O[C@@H]1[C@H]1COC(C)(C)O1)N1C(=O)[C@@H](OC)[C@H]1[C@]1(C)CO1. The van der Waals surface area contributed by atoms with Crippen molar-refractivity contribution in [3.8, 4) is 0 Å². The van der Waals surface area contributed by atoms with Crippen LogP contribution in [0.25, 0.3) is 0 Å². The van der Waals surface area contributed by atoms with Gasteiger partial charge in [-0.15, -0.1) is 0 Å². The first-order valence-electron chi connectivity index (χ1n) is 10.8. The maximum absolute atomic E-state index is 13.1. The van der Waals surface area contributed by atoms with Crippen molar-refractivity contribution in [3.63, 3.8) is 0 Å². The van der Waals surface area contributed by atoms with E-state index in [1.54, 1.807) is 24.8 Å². The van der Waals surface area contributed by atoms with Crippen LogP contribution in [-0.4, -0.2) is 97.9 Å². The van der Waals surface area contributed by atoms with Gasteiger partial charge in [0.1, 0.15) is 23.9 Å². The summed E-state index contributed by atoms with van der Waals surface area (Å²) in [6.07, 6.45) is 0.717. The van der Waals surface area contributed by atoms with Gasteiger partial charge < -0.3 is 38.1 Å². The number of esters is 1. The molecule has 4 aliphatic rings. The molecule has 0 aromatic rings. The first kappa shape index (κ1) is 23.6. The van der Waals surface area contributed by atoms with Gasteiger partial charge in [-0.1, -0.05) is 6.08 Å². The predicted molar refractivity (Wildman–Crippen MR) is 109 cm³/mol. The van der Waals surface area contributed by atoms with E-state index in [4.69, 9.17) is 33.2 Å². The van der Waals surface area contributed by atoms with Gasteiger partial charge in [0, 0.05) is 13.2 Å². The van der Waals surface area contributed by atoms with E-state index in [2.05, 4.69) is 0 Å². The van der Waals surface area contributed by atoms with E-state index >= 15 is 0 Å². The Morgan fingerprint density at radius 1 is 1.09 bits per heavy atom. The summed E-state index contributed by atoms with van der Waals surface area (Å²) in [4.78, 5) is 26.7. The van der Waals surface area contributed by atoms with E-state index in [0.29, 0.717) is 13.2 Å². The highest BCUT2D eigenvalue weighted by Crippen LogP contribution is 2.46. The lowest BCUT2D eigenvalue weighted by Gasteiger charge is -2.52. The maximum atomic E-state index is 13.1. The van der Waals surface area contributed by atoms with Gasteiger partial charge in [0.2, 0.25) is 0 Å². The van der Waals surface area contributed by atoms with Crippen LogP contribution >= 0.6 is 0 Å². The fourth-order valence-corrected chi connectivity index (χ4v) is 4.80. The molecule has 32 heavy (non-hydrogen) atoms. The molecule has 0 aliphatic carbocycles. The van der Waals surface area contributed by atoms with Crippen LogP contribution in [0.5, 0.6) is 0 Å². The number of methoxy groups -OCH3 is 2. The molecular weight excluding hydrogens is 422 g/mol. The minimum absolute atomic E-state index is 0.204. The van der Waals surface area contributed by atoms with Gasteiger partial charge in [-0.3, -0.25) is 4.79 Å². The zero-order chi connectivity index (χ0) is 23.5. The zero-order valence-electron chi connectivity index (χ0n) is 19.7. The van der Waals surface area contributed by atoms with E-state index in [-0.39, 0.29) is 11.9 Å². The molecule has 10 nitrogen and oxygen atoms in total. The molecule has 0 radical (unpaired) electrons. The molecule has 4 rings (SSSR count). The third-order valence-electron chi connectivity index (χ3n) is 6.41. The number of epoxide rings is 1. The molecule has 0 aromatic carbocycles. The molecule has 0 aromatic heterocycles. The van der Waals surface area contributed by atoms with Crippen LogP contribution in [0.1, 0.15) is 34.6 Å². The summed E-state index contributed by atoms with van der Waals surface area (Å²) in [6.45, 7) is 10.1. The Labute approximate surface area is 188 Å². The molecule has 4 fully saturated rings. The van der Waals surface area contributed by atoms with Crippen LogP contribution in [-0.2, 0) is 42.7 Å². The zero-order valence-corrected chi connectivity index (χ0v) is 19.7. The Hall–Kier alpha value is -1.56. The summed E-state index contributed by atoms with van der Waals surface area (Å²) in [5, 5.41) is 0. The van der Waals surface area contributed by atoms with E-state index < -0.39 is 53.6 Å². The monoisotopic (exact) mass is 455 g/mol. The highest BCUT2D eigenvalue weighted by molar-refractivity contribution is 5.90. The number of carbonyl (C=O) groups excluding carboxylic acids is 2. The Bertz CT molecular complexity index is 790. The second-order valence-electron chi connectivity index (χ2n) is 9.75. The molecule has 0 spiro atoms. The van der Waals surface area contributed by atoms with Gasteiger partial charge >= 0.3 is 5.97 Å². The van der Waals surface area contributed by atoms with Crippen molar-refractivity contribution in [2.24, 2.45) is 0 Å². The summed E-state index contributed by atoms with van der Waals surface area (Å²) in [6, 6.07) is -0.976. The Morgan fingerprint density at radius 3 is 2.31 bits per heavy atom. The minimum Gasteiger partial charge on any atom is -0.466 e. The minimum atomic E-state index is -0.924. The number of likely N-dealkylation sites (tertiary alicyclic amines) is 1. The Morgan fingerprint density at radius 2 is 1.78 bits per heavy atom. The quantitative estimate of drug-likeness (QED) is 0.238. The molecule has 180 valence electrons. The fourth-order valence-electron chi connectivity index (χ4n) is 4.80. The third-order valence-corrected chi connectivity index (χ3v) is 6.41. The van der Waals surface area contributed by atoms with Gasteiger partial charge in [0.25, 0.3) is 5.91 Å². The number of hydrogen-bond acceptors (Lipinski definition) is 9. The Kier molecular flexibility index (Phi) is 5.92. The number of carbonyl (C=O) groups is 2. The second kappa shape index (κ2) is 8.03. The van der Waals surface area contributed by atoms with Crippen molar-refractivity contribution >= 4 is 11.9 Å². The van der Waals surface area contributed by atoms with Gasteiger partial charge in [0.05, 0.1) is 32.4 Å². The summed E-state index contributed by atoms with van der Waals surface area (Å²) < 4.78 is 40.2. The molecule has 0 bridgehead atoms. The number of nitrogens with zero attached hydrogens (tertiary/aromatic N) is 1. The molecule has 4 heterocycles. The van der Waals surface area contributed by atoms with Gasteiger partial charge in [-0.05, 0) is 34.6 Å². The highest BCUT2D eigenvalue weighted by atomic mass is 16.8. The third kappa shape index (κ3) is 4.20. The van der Waals surface area contributed by atoms with Crippen LogP contribution in [0, 0.1) is 0 Å². The van der Waals surface area contributed by atoms with E-state index in [1.165, 1.54) is 20.3 Å². The number of β-lactam (4-membered cyclic amide) rings is 1. The van der Waals surface area contributed by atoms with E-state index in [0.717, 1.165) is 0 Å². The summed E-state index contributed by atoms with van der Waals surface area (Å²) in [5.41, 5.74) is -0.522.